The summed E-state index contributed by atoms with van der Waals surface area (Å²) >= 11 is 0. The van der Waals surface area contributed by atoms with Crippen molar-refractivity contribution in [1.29, 1.82) is 0 Å². The van der Waals surface area contributed by atoms with Crippen molar-refractivity contribution in [3.8, 4) is 0 Å². The first-order valence-electron chi connectivity index (χ1n) is 5.95. The Balaban J connectivity index is 2.31. The number of hydrogen-bond donors (Lipinski definition) is 1. The summed E-state index contributed by atoms with van der Waals surface area (Å²) in [6.45, 7) is 7.59. The number of hydrogen-bond acceptors (Lipinski definition) is 4. The van der Waals surface area contributed by atoms with Crippen molar-refractivity contribution in [2.75, 3.05) is 0 Å². The van der Waals surface area contributed by atoms with E-state index < -0.39 is 30.0 Å². The van der Waals surface area contributed by atoms with E-state index in [1.165, 1.54) is 6.20 Å². The molecule has 2 rings (SSSR count). The zero-order chi connectivity index (χ0) is 14.4. The molecule has 0 spiro atoms. The van der Waals surface area contributed by atoms with Gasteiger partial charge in [-0.05, 0) is 33.8 Å². The second-order valence-electron chi connectivity index (χ2n) is 5.55. The van der Waals surface area contributed by atoms with E-state index in [0.29, 0.717) is 5.46 Å². The van der Waals surface area contributed by atoms with Gasteiger partial charge in [-0.2, -0.15) is 0 Å². The van der Waals surface area contributed by atoms with E-state index in [0.717, 1.165) is 6.07 Å². The molecule has 1 aromatic rings. The molecule has 0 radical (unpaired) electrons. The lowest BCUT2D eigenvalue weighted by Gasteiger charge is -2.32. The summed E-state index contributed by atoms with van der Waals surface area (Å²) in [6.07, 6.45) is 1.34. The van der Waals surface area contributed by atoms with Gasteiger partial charge in [0.05, 0.1) is 11.2 Å². The number of rotatable bonds is 2. The summed E-state index contributed by atoms with van der Waals surface area (Å²) in [5, 5.41) is 0. The molecule has 7 heteroatoms. The highest BCUT2D eigenvalue weighted by Crippen LogP contribution is 2.36. The number of primary amides is 1. The largest absolute Gasteiger partial charge is 0.496 e. The second-order valence-corrected chi connectivity index (χ2v) is 5.55. The minimum atomic E-state index is -0.905. The van der Waals surface area contributed by atoms with Gasteiger partial charge in [-0.25, -0.2) is 9.37 Å². The van der Waals surface area contributed by atoms with Gasteiger partial charge in [-0.15, -0.1) is 0 Å². The molecule has 19 heavy (non-hydrogen) atoms. The number of carbonyl (C=O) groups excluding carboxylic acids is 1. The van der Waals surface area contributed by atoms with Crippen LogP contribution in [0.5, 0.6) is 0 Å². The molecule has 2 N–H and O–H groups in total. The molecular formula is C12H16BFN2O3. The Morgan fingerprint density at radius 1 is 1.32 bits per heavy atom. The first-order valence-corrected chi connectivity index (χ1v) is 5.95. The van der Waals surface area contributed by atoms with Gasteiger partial charge >= 0.3 is 7.12 Å². The molecule has 5 nitrogen and oxygen atoms in total. The molecule has 1 aliphatic heterocycles. The van der Waals surface area contributed by atoms with Gasteiger partial charge in [-0.1, -0.05) is 0 Å². The van der Waals surface area contributed by atoms with E-state index in [2.05, 4.69) is 4.98 Å². The minimum Gasteiger partial charge on any atom is -0.399 e. The van der Waals surface area contributed by atoms with Crippen LogP contribution in [0.25, 0.3) is 0 Å². The Hall–Kier alpha value is -1.47. The molecule has 0 aromatic carbocycles. The van der Waals surface area contributed by atoms with Crippen molar-refractivity contribution < 1.29 is 18.5 Å². The highest BCUT2D eigenvalue weighted by molar-refractivity contribution is 6.62. The van der Waals surface area contributed by atoms with Gasteiger partial charge in [0.1, 0.15) is 0 Å². The Bertz CT molecular complexity index is 518. The molecule has 1 amide bonds. The third kappa shape index (κ3) is 2.35. The fraction of sp³-hybridized carbons (Fsp3) is 0.500. The average Bonchev–Trinajstić information content (AvgIpc) is 2.47. The maximum Gasteiger partial charge on any atom is 0.496 e. The van der Waals surface area contributed by atoms with Gasteiger partial charge in [0, 0.05) is 11.7 Å². The van der Waals surface area contributed by atoms with Crippen molar-refractivity contribution >= 4 is 18.5 Å². The van der Waals surface area contributed by atoms with E-state index in [4.69, 9.17) is 15.0 Å². The summed E-state index contributed by atoms with van der Waals surface area (Å²) in [5.41, 5.74) is 3.99. The van der Waals surface area contributed by atoms with Crippen molar-refractivity contribution in [2.45, 2.75) is 38.9 Å². The molecule has 1 aromatic heterocycles. The summed E-state index contributed by atoms with van der Waals surface area (Å²) in [5.74, 6) is -1.68. The monoisotopic (exact) mass is 266 g/mol. The summed E-state index contributed by atoms with van der Waals surface area (Å²) < 4.78 is 25.2. The predicted octanol–water partition coefficient (Wildman–Crippen LogP) is 0.619. The van der Waals surface area contributed by atoms with Gasteiger partial charge in [0.15, 0.2) is 11.5 Å². The van der Waals surface area contributed by atoms with Crippen molar-refractivity contribution in [2.24, 2.45) is 5.73 Å². The number of halogens is 1. The standard InChI is InChI=1S/C12H16BFN2O3/c1-11(2)12(3,4)19-13(18-11)7-5-8(14)9(10(15)17)16-6-7/h5-6H,1-4H3,(H2,15,17). The van der Waals surface area contributed by atoms with Crippen LogP contribution in [0, 0.1) is 5.82 Å². The summed E-state index contributed by atoms with van der Waals surface area (Å²) in [4.78, 5) is 14.6. The lowest BCUT2D eigenvalue weighted by atomic mass is 9.80. The fourth-order valence-corrected chi connectivity index (χ4v) is 1.74. The number of nitrogens with zero attached hydrogens (tertiary/aromatic N) is 1. The molecule has 1 fully saturated rings. The molecule has 2 heterocycles. The van der Waals surface area contributed by atoms with E-state index in [9.17, 15) is 9.18 Å². The molecule has 0 bridgehead atoms. The Morgan fingerprint density at radius 2 is 1.84 bits per heavy atom. The van der Waals surface area contributed by atoms with Crippen LogP contribution in [0.2, 0.25) is 0 Å². The topological polar surface area (TPSA) is 74.4 Å². The molecule has 0 aliphatic carbocycles. The molecule has 102 valence electrons. The number of pyridine rings is 1. The average molecular weight is 266 g/mol. The van der Waals surface area contributed by atoms with Crippen LogP contribution < -0.4 is 11.2 Å². The molecule has 1 saturated heterocycles. The van der Waals surface area contributed by atoms with Gasteiger partial charge in [0.25, 0.3) is 5.91 Å². The van der Waals surface area contributed by atoms with Crippen LogP contribution in [-0.2, 0) is 9.31 Å². The normalized spacial score (nSPS) is 20.6. The van der Waals surface area contributed by atoms with Crippen LogP contribution in [-0.4, -0.2) is 29.2 Å². The smallest absolute Gasteiger partial charge is 0.399 e. The maximum atomic E-state index is 13.7. The summed E-state index contributed by atoms with van der Waals surface area (Å²) in [7, 11) is -0.714. The zero-order valence-electron chi connectivity index (χ0n) is 11.4. The van der Waals surface area contributed by atoms with Crippen LogP contribution >= 0.6 is 0 Å². The van der Waals surface area contributed by atoms with Crippen LogP contribution in [0.4, 0.5) is 4.39 Å². The second kappa shape index (κ2) is 4.28. The maximum absolute atomic E-state index is 13.7. The van der Waals surface area contributed by atoms with E-state index >= 15 is 0 Å². The molecule has 0 atom stereocenters. The third-order valence-corrected chi connectivity index (χ3v) is 3.62. The molecule has 0 unspecified atom stereocenters. The van der Waals surface area contributed by atoms with Crippen LogP contribution in [0.15, 0.2) is 12.3 Å². The molecular weight excluding hydrogens is 250 g/mol. The number of aromatic nitrogens is 1. The highest BCUT2D eigenvalue weighted by atomic mass is 19.1. The minimum absolute atomic E-state index is 0.389. The van der Waals surface area contributed by atoms with Crippen LogP contribution in [0.1, 0.15) is 38.2 Å². The molecule has 0 saturated carbocycles. The third-order valence-electron chi connectivity index (χ3n) is 3.62. The highest BCUT2D eigenvalue weighted by Gasteiger charge is 2.51. The number of carbonyl (C=O) groups is 1. The van der Waals surface area contributed by atoms with Crippen molar-refractivity contribution in [3.05, 3.63) is 23.8 Å². The number of amides is 1. The van der Waals surface area contributed by atoms with Gasteiger partial charge < -0.3 is 15.0 Å². The van der Waals surface area contributed by atoms with E-state index in [1.807, 2.05) is 27.7 Å². The van der Waals surface area contributed by atoms with Crippen molar-refractivity contribution in [3.63, 3.8) is 0 Å². The Kier molecular flexibility index (Phi) is 3.14. The van der Waals surface area contributed by atoms with Crippen LogP contribution in [0.3, 0.4) is 0 Å². The summed E-state index contributed by atoms with van der Waals surface area (Å²) in [6, 6.07) is 1.16. The zero-order valence-corrected chi connectivity index (χ0v) is 11.4. The fourth-order valence-electron chi connectivity index (χ4n) is 1.74. The van der Waals surface area contributed by atoms with Gasteiger partial charge in [-0.3, -0.25) is 4.79 Å². The quantitative estimate of drug-likeness (QED) is 0.796. The van der Waals surface area contributed by atoms with Gasteiger partial charge in [0.2, 0.25) is 0 Å². The first-order chi connectivity index (χ1) is 8.64. The van der Waals surface area contributed by atoms with E-state index in [1.54, 1.807) is 0 Å². The first kappa shape index (κ1) is 14.0. The molecule has 1 aliphatic rings. The Labute approximate surface area is 111 Å². The predicted molar refractivity (Wildman–Crippen MR) is 68.4 cm³/mol. The Morgan fingerprint density at radius 3 is 2.26 bits per heavy atom. The van der Waals surface area contributed by atoms with E-state index in [-0.39, 0.29) is 5.69 Å². The number of nitrogens with two attached hydrogens (primary N) is 1. The lowest BCUT2D eigenvalue weighted by molar-refractivity contribution is 0.00578. The van der Waals surface area contributed by atoms with Crippen molar-refractivity contribution in [1.82, 2.24) is 4.98 Å². The SMILES string of the molecule is CC1(C)OB(c2cnc(C(N)=O)c(F)c2)OC1(C)C. The lowest BCUT2D eigenvalue weighted by Crippen LogP contribution is -2.41.